The predicted molar refractivity (Wildman–Crippen MR) is 124 cm³/mol. The summed E-state index contributed by atoms with van der Waals surface area (Å²) in [6.45, 7) is 8.97. The molecule has 1 amide bonds. The third kappa shape index (κ3) is 3.94. The van der Waals surface area contributed by atoms with Crippen LogP contribution >= 0.6 is 0 Å². The fourth-order valence-corrected chi connectivity index (χ4v) is 3.91. The van der Waals surface area contributed by atoms with E-state index in [1.165, 1.54) is 12.1 Å². The van der Waals surface area contributed by atoms with Crippen molar-refractivity contribution in [3.8, 4) is 0 Å². The van der Waals surface area contributed by atoms with Crippen molar-refractivity contribution in [1.29, 1.82) is 0 Å². The van der Waals surface area contributed by atoms with Crippen molar-refractivity contribution >= 4 is 34.3 Å². The first kappa shape index (κ1) is 21.5. The van der Waals surface area contributed by atoms with Crippen molar-refractivity contribution in [2.24, 2.45) is 5.16 Å². The Bertz CT molecular complexity index is 1150. The maximum Gasteiger partial charge on any atom is 0.270 e. The highest BCUT2D eigenvalue weighted by molar-refractivity contribution is 6.39. The van der Waals surface area contributed by atoms with Crippen molar-refractivity contribution in [3.63, 3.8) is 0 Å². The molecule has 2 aliphatic rings. The van der Waals surface area contributed by atoms with Crippen LogP contribution in [-0.2, 0) is 9.63 Å². The first-order valence-corrected chi connectivity index (χ1v) is 10.6. The van der Waals surface area contributed by atoms with Crippen LogP contribution in [0.25, 0.3) is 5.57 Å². The van der Waals surface area contributed by atoms with Crippen molar-refractivity contribution in [1.82, 2.24) is 4.90 Å². The van der Waals surface area contributed by atoms with Gasteiger partial charge in [0.2, 0.25) is 0 Å². The second kappa shape index (κ2) is 8.80. The van der Waals surface area contributed by atoms with Crippen LogP contribution in [0.5, 0.6) is 0 Å². The molecule has 0 fully saturated rings. The van der Waals surface area contributed by atoms with E-state index in [2.05, 4.69) is 34.5 Å². The zero-order valence-electron chi connectivity index (χ0n) is 18.3. The number of non-ortho nitro benzene ring substituents is 1. The van der Waals surface area contributed by atoms with Crippen LogP contribution in [0.1, 0.15) is 30.5 Å². The van der Waals surface area contributed by atoms with Gasteiger partial charge in [0, 0.05) is 41.2 Å². The molecule has 2 aliphatic heterocycles. The van der Waals surface area contributed by atoms with E-state index in [1.807, 2.05) is 25.1 Å². The third-order valence-corrected chi connectivity index (χ3v) is 5.68. The summed E-state index contributed by atoms with van der Waals surface area (Å²) in [5, 5.41) is 21.8. The third-order valence-electron chi connectivity index (χ3n) is 5.68. The molecule has 2 N–H and O–H groups in total. The molecule has 0 unspecified atom stereocenters. The molecule has 0 aliphatic carbocycles. The average molecular weight is 435 g/mol. The maximum atomic E-state index is 12.9. The molecule has 9 nitrogen and oxygen atoms in total. The maximum absolute atomic E-state index is 12.9. The number of benzene rings is 2. The van der Waals surface area contributed by atoms with Crippen LogP contribution in [0.15, 0.2) is 47.3 Å². The number of amides is 1. The minimum atomic E-state index is -0.454. The summed E-state index contributed by atoms with van der Waals surface area (Å²) in [5.41, 5.74) is 4.90. The molecule has 0 bridgehead atoms. The highest BCUT2D eigenvalue weighted by Gasteiger charge is 2.35. The van der Waals surface area contributed by atoms with Crippen LogP contribution in [-0.4, -0.2) is 47.7 Å². The molecular weight excluding hydrogens is 410 g/mol. The number of aryl methyl sites for hydroxylation is 1. The fourth-order valence-electron chi connectivity index (χ4n) is 3.91. The number of rotatable bonds is 7. The summed E-state index contributed by atoms with van der Waals surface area (Å²) in [6, 6.07) is 10.2. The topological polar surface area (TPSA) is 109 Å². The number of fused-ring (bicyclic) bond motifs is 2. The molecule has 9 heteroatoms. The number of nitrogens with one attached hydrogen (secondary N) is 2. The second-order valence-electron chi connectivity index (χ2n) is 7.67. The number of nitro benzene ring substituents is 1. The van der Waals surface area contributed by atoms with Gasteiger partial charge in [-0.2, -0.15) is 0 Å². The number of nitro groups is 1. The fraction of sp³-hybridized carbons (Fsp3) is 0.304. The standard InChI is InChI=1S/C23H25N5O4/c1-4-27(5-2)10-11-32-26-21-17-13-15(28(30)31)7-9-18(17)24-22(21)20-16-8-6-14(3)12-19(16)25-23(20)29/h6-9,12-13,24H,4-5,10-11H2,1-3H3,(H,25,29)/b22-20-,26-21+. The van der Waals surface area contributed by atoms with Crippen LogP contribution in [0.2, 0.25) is 0 Å². The number of hydrogen-bond acceptors (Lipinski definition) is 7. The van der Waals surface area contributed by atoms with Gasteiger partial charge in [0.05, 0.1) is 16.2 Å². The van der Waals surface area contributed by atoms with Gasteiger partial charge in [-0.3, -0.25) is 14.9 Å². The zero-order chi connectivity index (χ0) is 22.8. The Morgan fingerprint density at radius 2 is 1.84 bits per heavy atom. The number of nitrogens with zero attached hydrogens (tertiary/aromatic N) is 3. The number of anilines is 2. The minimum absolute atomic E-state index is 0.0560. The Labute approximate surface area is 185 Å². The van der Waals surface area contributed by atoms with Gasteiger partial charge < -0.3 is 20.4 Å². The number of hydrogen-bond donors (Lipinski definition) is 2. The molecule has 166 valence electrons. The smallest absolute Gasteiger partial charge is 0.270 e. The predicted octanol–water partition coefficient (Wildman–Crippen LogP) is 3.75. The quantitative estimate of drug-likeness (QED) is 0.297. The molecule has 2 aromatic rings. The van der Waals surface area contributed by atoms with Gasteiger partial charge in [0.25, 0.3) is 11.6 Å². The van der Waals surface area contributed by atoms with Gasteiger partial charge in [-0.1, -0.05) is 31.1 Å². The molecule has 0 aromatic heterocycles. The van der Waals surface area contributed by atoms with Gasteiger partial charge in [-0.15, -0.1) is 0 Å². The highest BCUT2D eigenvalue weighted by atomic mass is 16.6. The van der Waals surface area contributed by atoms with Crippen LogP contribution in [0.4, 0.5) is 17.1 Å². The van der Waals surface area contributed by atoms with E-state index in [1.54, 1.807) is 6.07 Å². The van der Waals surface area contributed by atoms with Crippen LogP contribution in [0, 0.1) is 17.0 Å². The highest BCUT2D eigenvalue weighted by Crippen LogP contribution is 2.40. The lowest BCUT2D eigenvalue weighted by molar-refractivity contribution is -0.384. The SMILES string of the molecule is CCN(CC)CCO/N=C1/C(=C2/C(=O)Nc3cc(C)ccc32)Nc2ccc([N+](=O)[O-])cc21. The van der Waals surface area contributed by atoms with Gasteiger partial charge in [-0.05, 0) is 37.7 Å². The molecule has 0 atom stereocenters. The number of carbonyl (C=O) groups is 1. The molecule has 0 spiro atoms. The Morgan fingerprint density at radius 3 is 2.56 bits per heavy atom. The Hall–Kier alpha value is -3.72. The Balaban J connectivity index is 1.76. The van der Waals surface area contributed by atoms with E-state index >= 15 is 0 Å². The molecular formula is C23H25N5O4. The van der Waals surface area contributed by atoms with E-state index in [0.29, 0.717) is 41.4 Å². The van der Waals surface area contributed by atoms with E-state index in [4.69, 9.17) is 4.84 Å². The largest absolute Gasteiger partial charge is 0.394 e. The Kier molecular flexibility index (Phi) is 5.91. The molecule has 4 rings (SSSR count). The van der Waals surface area contributed by atoms with Gasteiger partial charge in [0.1, 0.15) is 12.3 Å². The summed E-state index contributed by atoms with van der Waals surface area (Å²) in [5.74, 6) is -0.258. The molecule has 0 saturated heterocycles. The molecule has 2 heterocycles. The lowest BCUT2D eigenvalue weighted by Gasteiger charge is -2.16. The number of allylic oxidation sites excluding steroid dienone is 1. The van der Waals surface area contributed by atoms with Crippen molar-refractivity contribution in [2.75, 3.05) is 36.9 Å². The molecule has 2 aromatic carbocycles. The minimum Gasteiger partial charge on any atom is -0.394 e. The summed E-state index contributed by atoms with van der Waals surface area (Å²) in [4.78, 5) is 31.6. The van der Waals surface area contributed by atoms with Crippen molar-refractivity contribution in [3.05, 3.63) is 68.9 Å². The lowest BCUT2D eigenvalue weighted by Crippen LogP contribution is -2.26. The van der Waals surface area contributed by atoms with Gasteiger partial charge in [0.15, 0.2) is 0 Å². The van der Waals surface area contributed by atoms with Crippen molar-refractivity contribution < 1.29 is 14.6 Å². The number of oxime groups is 1. The summed E-state index contributed by atoms with van der Waals surface area (Å²) < 4.78 is 0. The summed E-state index contributed by atoms with van der Waals surface area (Å²) in [6.07, 6.45) is 0. The van der Waals surface area contributed by atoms with E-state index in [-0.39, 0.29) is 11.6 Å². The number of likely N-dealkylation sites (N-methyl/N-ethyl adjacent to an activating group) is 1. The average Bonchev–Trinajstić information content (AvgIpc) is 3.28. The zero-order valence-corrected chi connectivity index (χ0v) is 18.3. The molecule has 0 saturated carbocycles. The normalized spacial score (nSPS) is 17.9. The van der Waals surface area contributed by atoms with Gasteiger partial charge >= 0.3 is 0 Å². The van der Waals surface area contributed by atoms with Crippen molar-refractivity contribution in [2.45, 2.75) is 20.8 Å². The lowest BCUT2D eigenvalue weighted by atomic mass is 10.0. The Morgan fingerprint density at radius 1 is 1.06 bits per heavy atom. The number of carbonyl (C=O) groups excluding carboxylic acids is 1. The van der Waals surface area contributed by atoms with Crippen LogP contribution in [0.3, 0.4) is 0 Å². The summed E-state index contributed by atoms with van der Waals surface area (Å²) >= 11 is 0. The first-order valence-electron chi connectivity index (χ1n) is 10.6. The van der Waals surface area contributed by atoms with E-state index in [9.17, 15) is 14.9 Å². The summed E-state index contributed by atoms with van der Waals surface area (Å²) in [7, 11) is 0. The van der Waals surface area contributed by atoms with E-state index < -0.39 is 4.92 Å². The molecule has 32 heavy (non-hydrogen) atoms. The van der Waals surface area contributed by atoms with Gasteiger partial charge in [-0.25, -0.2) is 0 Å². The monoisotopic (exact) mass is 435 g/mol. The molecule has 0 radical (unpaired) electrons. The first-order chi connectivity index (χ1) is 15.4. The second-order valence-corrected chi connectivity index (χ2v) is 7.67. The van der Waals surface area contributed by atoms with E-state index in [0.717, 1.165) is 29.9 Å². The van der Waals surface area contributed by atoms with Crippen LogP contribution < -0.4 is 10.6 Å².